The largest absolute Gasteiger partial charge is 0.516 e. The minimum absolute atomic E-state index is 0.195. The topological polar surface area (TPSA) is 81.9 Å². The molecule has 1 N–H and O–H groups in total. The Morgan fingerprint density at radius 1 is 1.06 bits per heavy atom. The predicted octanol–water partition coefficient (Wildman–Crippen LogP) is 2.09. The molecular formula is C21H16B3N5O2. The molecule has 0 saturated carbocycles. The highest BCUT2D eigenvalue weighted by Crippen LogP contribution is 2.24. The minimum atomic E-state index is -1.80. The monoisotopic (exact) mass is 403 g/mol. The van der Waals surface area contributed by atoms with E-state index in [1.165, 1.54) is 0 Å². The fourth-order valence-corrected chi connectivity index (χ4v) is 3.07. The van der Waals surface area contributed by atoms with Crippen LogP contribution in [0.2, 0.25) is 0 Å². The molecule has 7 nitrogen and oxygen atoms in total. The number of benzene rings is 2. The molecule has 0 unspecified atom stereocenters. The summed E-state index contributed by atoms with van der Waals surface area (Å²) in [6.07, 6.45) is 3.48. The van der Waals surface area contributed by atoms with Crippen molar-refractivity contribution in [1.82, 2.24) is 19.5 Å². The number of nitrogens with one attached hydrogen (secondary N) is 1. The molecule has 4 rings (SSSR count). The third-order valence-corrected chi connectivity index (χ3v) is 4.74. The van der Waals surface area contributed by atoms with Crippen molar-refractivity contribution in [3.8, 4) is 17.0 Å². The highest BCUT2D eigenvalue weighted by atomic mass is 16.5. The summed E-state index contributed by atoms with van der Waals surface area (Å²) in [5.74, 6) is 1.08. The number of fused-ring (bicyclic) bond motifs is 1. The van der Waals surface area contributed by atoms with Gasteiger partial charge in [0.2, 0.25) is 5.95 Å². The third-order valence-electron chi connectivity index (χ3n) is 4.74. The fourth-order valence-electron chi connectivity index (χ4n) is 3.07. The quantitative estimate of drug-likeness (QED) is 0.517. The highest BCUT2D eigenvalue weighted by Gasteiger charge is 2.13. The zero-order valence-electron chi connectivity index (χ0n) is 17.0. The standard InChI is InChI=1S/C21H16B3N5O2/c1-12-25-11-18(29(12)2)14-3-4-15-10-26-20(27-17(15)9-14)28-19(30)13-5-7-16(8-6-13)31-21(22,23)24/h3-11H,1-2H3,(H,26,27,28,30). The van der Waals surface area contributed by atoms with Crippen LogP contribution in [0.3, 0.4) is 0 Å². The number of amides is 1. The molecular weight excluding hydrogens is 387 g/mol. The van der Waals surface area contributed by atoms with E-state index in [-0.39, 0.29) is 11.9 Å². The first-order valence-corrected chi connectivity index (χ1v) is 9.42. The van der Waals surface area contributed by atoms with Gasteiger partial charge in [0, 0.05) is 29.8 Å². The van der Waals surface area contributed by atoms with E-state index >= 15 is 0 Å². The maximum Gasteiger partial charge on any atom is 0.258 e. The van der Waals surface area contributed by atoms with E-state index in [0.29, 0.717) is 16.8 Å². The van der Waals surface area contributed by atoms with Crippen molar-refractivity contribution in [2.45, 2.75) is 12.2 Å². The second-order valence-electron chi connectivity index (χ2n) is 7.15. The summed E-state index contributed by atoms with van der Waals surface area (Å²) in [5.41, 5.74) is 3.03. The second kappa shape index (κ2) is 7.94. The van der Waals surface area contributed by atoms with E-state index in [1.807, 2.05) is 42.9 Å². The van der Waals surface area contributed by atoms with Crippen LogP contribution in [-0.4, -0.2) is 54.3 Å². The molecule has 0 fully saturated rings. The van der Waals surface area contributed by atoms with Crippen LogP contribution >= 0.6 is 0 Å². The van der Waals surface area contributed by atoms with E-state index in [4.69, 9.17) is 28.3 Å². The number of nitrogens with zero attached hydrogens (tertiary/aromatic N) is 4. The molecule has 0 aliphatic rings. The van der Waals surface area contributed by atoms with Crippen LogP contribution in [0.1, 0.15) is 16.2 Å². The Morgan fingerprint density at radius 3 is 2.45 bits per heavy atom. The number of hydrogen-bond acceptors (Lipinski definition) is 5. The van der Waals surface area contributed by atoms with Gasteiger partial charge in [0.15, 0.2) is 0 Å². The van der Waals surface area contributed by atoms with Crippen molar-refractivity contribution in [3.63, 3.8) is 0 Å². The Labute approximate surface area is 183 Å². The lowest BCUT2D eigenvalue weighted by atomic mass is 9.52. The number of imidazole rings is 1. The smallest absolute Gasteiger partial charge is 0.258 e. The van der Waals surface area contributed by atoms with Gasteiger partial charge in [-0.1, -0.05) is 12.1 Å². The lowest BCUT2D eigenvalue weighted by Crippen LogP contribution is -2.37. The summed E-state index contributed by atoms with van der Waals surface area (Å²) in [7, 11) is 18.2. The van der Waals surface area contributed by atoms with Gasteiger partial charge < -0.3 is 9.30 Å². The molecule has 2 aromatic carbocycles. The molecule has 1 amide bonds. The van der Waals surface area contributed by atoms with Gasteiger partial charge in [-0.05, 0) is 42.6 Å². The van der Waals surface area contributed by atoms with E-state index < -0.39 is 5.30 Å². The Balaban J connectivity index is 1.55. The number of hydrogen-bond donors (Lipinski definition) is 1. The molecule has 2 aromatic heterocycles. The maximum absolute atomic E-state index is 12.6. The van der Waals surface area contributed by atoms with Gasteiger partial charge in [0.25, 0.3) is 5.91 Å². The van der Waals surface area contributed by atoms with Gasteiger partial charge in [-0.25, -0.2) is 15.0 Å². The van der Waals surface area contributed by atoms with Crippen molar-refractivity contribution >= 4 is 46.3 Å². The molecule has 0 bridgehead atoms. The van der Waals surface area contributed by atoms with E-state index in [9.17, 15) is 4.79 Å². The number of carbonyl (C=O) groups is 1. The summed E-state index contributed by atoms with van der Waals surface area (Å²) >= 11 is 0. The summed E-state index contributed by atoms with van der Waals surface area (Å²) in [5, 5.41) is 1.76. The van der Waals surface area contributed by atoms with Crippen molar-refractivity contribution in [2.75, 3.05) is 5.32 Å². The first-order valence-electron chi connectivity index (χ1n) is 9.42. The van der Waals surface area contributed by atoms with Crippen LogP contribution in [-0.2, 0) is 7.05 Å². The Bertz CT molecular complexity index is 1270. The van der Waals surface area contributed by atoms with Gasteiger partial charge in [-0.3, -0.25) is 10.1 Å². The number of ether oxygens (including phenoxy) is 1. The molecule has 146 valence electrons. The number of rotatable bonds is 5. The summed E-state index contributed by atoms with van der Waals surface area (Å²) in [4.78, 5) is 25.6. The molecule has 10 heteroatoms. The zero-order valence-corrected chi connectivity index (χ0v) is 17.0. The van der Waals surface area contributed by atoms with Gasteiger partial charge in [-0.15, -0.1) is 0 Å². The minimum Gasteiger partial charge on any atom is -0.516 e. The van der Waals surface area contributed by atoms with Gasteiger partial charge >= 0.3 is 0 Å². The molecule has 4 aromatic rings. The average molecular weight is 403 g/mol. The highest BCUT2D eigenvalue weighted by molar-refractivity contribution is 6.58. The van der Waals surface area contributed by atoms with Crippen LogP contribution < -0.4 is 10.1 Å². The Kier molecular flexibility index (Phi) is 5.31. The van der Waals surface area contributed by atoms with E-state index in [1.54, 1.807) is 30.5 Å². The van der Waals surface area contributed by atoms with Crippen LogP contribution in [0.25, 0.3) is 22.2 Å². The van der Waals surface area contributed by atoms with Crippen molar-refractivity contribution in [1.29, 1.82) is 0 Å². The van der Waals surface area contributed by atoms with Gasteiger partial charge in [0.05, 0.1) is 17.4 Å². The van der Waals surface area contributed by atoms with Crippen LogP contribution in [0, 0.1) is 6.92 Å². The Morgan fingerprint density at radius 2 is 1.81 bits per heavy atom. The molecule has 31 heavy (non-hydrogen) atoms. The van der Waals surface area contributed by atoms with Crippen LogP contribution in [0.15, 0.2) is 54.9 Å². The van der Waals surface area contributed by atoms with Gasteiger partial charge in [-0.2, -0.15) is 0 Å². The predicted molar refractivity (Wildman–Crippen MR) is 121 cm³/mol. The first kappa shape index (κ1) is 20.7. The molecule has 0 atom stereocenters. The number of aryl methyl sites for hydroxylation is 1. The van der Waals surface area contributed by atoms with Gasteiger partial charge in [0.1, 0.15) is 35.1 Å². The normalized spacial score (nSPS) is 11.4. The fraction of sp³-hybridized carbons (Fsp3) is 0.143. The number of aromatic nitrogens is 4. The number of carbonyl (C=O) groups excluding carboxylic acids is 1. The lowest BCUT2D eigenvalue weighted by molar-refractivity contribution is 0.102. The van der Waals surface area contributed by atoms with E-state index in [2.05, 4.69) is 20.3 Å². The Hall–Kier alpha value is -3.55. The summed E-state index contributed by atoms with van der Waals surface area (Å²) in [6.45, 7) is 1.94. The van der Waals surface area contributed by atoms with Crippen molar-refractivity contribution < 1.29 is 9.53 Å². The first-order chi connectivity index (χ1) is 14.7. The van der Waals surface area contributed by atoms with E-state index in [0.717, 1.165) is 22.5 Å². The zero-order chi connectivity index (χ0) is 22.2. The molecule has 0 aliphatic carbocycles. The molecule has 0 saturated heterocycles. The second-order valence-corrected chi connectivity index (χ2v) is 7.15. The van der Waals surface area contributed by atoms with Crippen LogP contribution in [0.5, 0.6) is 5.75 Å². The van der Waals surface area contributed by atoms with Crippen LogP contribution in [0.4, 0.5) is 5.95 Å². The van der Waals surface area contributed by atoms with Crippen molar-refractivity contribution in [3.05, 3.63) is 66.2 Å². The average Bonchev–Trinajstić information content (AvgIpc) is 3.05. The summed E-state index contributed by atoms with van der Waals surface area (Å²) < 4.78 is 7.13. The molecule has 0 spiro atoms. The van der Waals surface area contributed by atoms with Crippen molar-refractivity contribution in [2.24, 2.45) is 7.05 Å². The maximum atomic E-state index is 12.6. The molecule has 2 heterocycles. The summed E-state index contributed by atoms with van der Waals surface area (Å²) in [6, 6.07) is 12.1. The third kappa shape index (κ3) is 4.63. The number of anilines is 1. The molecule has 6 radical (unpaired) electrons. The lowest BCUT2D eigenvalue weighted by Gasteiger charge is -2.23. The SMILES string of the molecule is [B]C([B])([B])Oc1ccc(C(=O)Nc2ncc3ccc(-c4cnc(C)n4C)cc3n2)cc1. The molecule has 0 aliphatic heterocycles.